The van der Waals surface area contributed by atoms with Crippen LogP contribution in [0, 0.1) is 18.3 Å². The van der Waals surface area contributed by atoms with E-state index in [0.717, 1.165) is 0 Å². The van der Waals surface area contributed by atoms with Crippen molar-refractivity contribution in [1.82, 2.24) is 9.97 Å². The second kappa shape index (κ2) is 5.06. The lowest BCUT2D eigenvalue weighted by molar-refractivity contribution is 0.102. The molecule has 0 radical (unpaired) electrons. The highest BCUT2D eigenvalue weighted by Gasteiger charge is 2.10. The van der Waals surface area contributed by atoms with Crippen molar-refractivity contribution < 1.29 is 4.79 Å². The number of hydrogen-bond acceptors (Lipinski definition) is 4. The summed E-state index contributed by atoms with van der Waals surface area (Å²) in [7, 11) is 0. The lowest BCUT2D eigenvalue weighted by atomic mass is 10.2. The van der Waals surface area contributed by atoms with Crippen LogP contribution in [0.4, 0.5) is 5.69 Å². The van der Waals surface area contributed by atoms with Gasteiger partial charge in [-0.1, -0.05) is 12.1 Å². The molecule has 1 amide bonds. The van der Waals surface area contributed by atoms with Gasteiger partial charge in [-0.05, 0) is 25.1 Å². The third-order valence-corrected chi connectivity index (χ3v) is 2.30. The molecule has 5 heteroatoms. The predicted molar refractivity (Wildman–Crippen MR) is 65.9 cm³/mol. The fourth-order valence-electron chi connectivity index (χ4n) is 1.46. The van der Waals surface area contributed by atoms with Crippen molar-refractivity contribution in [2.24, 2.45) is 0 Å². The molecule has 1 N–H and O–H groups in total. The number of nitriles is 1. The number of benzene rings is 1. The van der Waals surface area contributed by atoms with Crippen molar-refractivity contribution in [1.29, 1.82) is 5.26 Å². The summed E-state index contributed by atoms with van der Waals surface area (Å²) in [6, 6.07) is 10.3. The lowest BCUT2D eigenvalue weighted by Gasteiger charge is -2.06. The van der Waals surface area contributed by atoms with Gasteiger partial charge >= 0.3 is 0 Å². The van der Waals surface area contributed by atoms with Crippen LogP contribution >= 0.6 is 0 Å². The monoisotopic (exact) mass is 238 g/mol. The Hall–Kier alpha value is -2.74. The molecule has 0 fully saturated rings. The van der Waals surface area contributed by atoms with Gasteiger partial charge in [-0.25, -0.2) is 9.97 Å². The number of para-hydroxylation sites is 1. The van der Waals surface area contributed by atoms with Crippen LogP contribution in [0.5, 0.6) is 0 Å². The van der Waals surface area contributed by atoms with Gasteiger partial charge in [-0.15, -0.1) is 0 Å². The average Bonchev–Trinajstić information content (AvgIpc) is 2.39. The maximum Gasteiger partial charge on any atom is 0.274 e. The molecule has 18 heavy (non-hydrogen) atoms. The number of amides is 1. The standard InChI is InChI=1S/C13H10N4O/c1-9-15-7-6-12(16-9)13(18)17-11-5-3-2-4-10(11)8-14/h2-7H,1H3,(H,17,18). The molecule has 0 saturated carbocycles. The number of aryl methyl sites for hydroxylation is 1. The van der Waals surface area contributed by atoms with Crippen LogP contribution in [0.3, 0.4) is 0 Å². The van der Waals surface area contributed by atoms with E-state index in [4.69, 9.17) is 5.26 Å². The van der Waals surface area contributed by atoms with Crippen molar-refractivity contribution in [3.8, 4) is 6.07 Å². The molecule has 1 heterocycles. The van der Waals surface area contributed by atoms with E-state index in [1.807, 2.05) is 6.07 Å². The van der Waals surface area contributed by atoms with Gasteiger partial charge < -0.3 is 5.32 Å². The summed E-state index contributed by atoms with van der Waals surface area (Å²) in [4.78, 5) is 19.9. The van der Waals surface area contributed by atoms with E-state index >= 15 is 0 Å². The zero-order valence-electron chi connectivity index (χ0n) is 9.71. The normalized spacial score (nSPS) is 9.56. The molecule has 0 saturated heterocycles. The summed E-state index contributed by atoms with van der Waals surface area (Å²) in [6.45, 7) is 1.71. The molecule has 1 aromatic heterocycles. The fourth-order valence-corrected chi connectivity index (χ4v) is 1.46. The van der Waals surface area contributed by atoms with E-state index in [1.165, 1.54) is 12.3 Å². The van der Waals surface area contributed by atoms with Gasteiger partial charge in [0.25, 0.3) is 5.91 Å². The Morgan fingerprint density at radius 2 is 2.11 bits per heavy atom. The Labute approximate surface area is 104 Å². The zero-order chi connectivity index (χ0) is 13.0. The number of anilines is 1. The predicted octanol–water partition coefficient (Wildman–Crippen LogP) is 1.91. The van der Waals surface area contributed by atoms with Crippen LogP contribution in [-0.4, -0.2) is 15.9 Å². The molecule has 5 nitrogen and oxygen atoms in total. The van der Waals surface area contributed by atoms with Crippen molar-refractivity contribution in [2.45, 2.75) is 6.92 Å². The summed E-state index contributed by atoms with van der Waals surface area (Å²) in [5.41, 5.74) is 1.16. The molecule has 0 aliphatic heterocycles. The molecule has 0 bridgehead atoms. The van der Waals surface area contributed by atoms with Gasteiger partial charge in [0, 0.05) is 6.20 Å². The highest BCUT2D eigenvalue weighted by Crippen LogP contribution is 2.14. The van der Waals surface area contributed by atoms with E-state index in [9.17, 15) is 4.79 Å². The van der Waals surface area contributed by atoms with E-state index < -0.39 is 0 Å². The summed E-state index contributed by atoms with van der Waals surface area (Å²) >= 11 is 0. The van der Waals surface area contributed by atoms with Crippen LogP contribution in [-0.2, 0) is 0 Å². The topological polar surface area (TPSA) is 78.7 Å². The Morgan fingerprint density at radius 1 is 1.33 bits per heavy atom. The van der Waals surface area contributed by atoms with Crippen LogP contribution in [0.2, 0.25) is 0 Å². The van der Waals surface area contributed by atoms with Gasteiger partial charge in [0.05, 0.1) is 11.3 Å². The second-order valence-electron chi connectivity index (χ2n) is 3.60. The lowest BCUT2D eigenvalue weighted by Crippen LogP contribution is -2.15. The quantitative estimate of drug-likeness (QED) is 0.866. The van der Waals surface area contributed by atoms with Crippen molar-refractivity contribution >= 4 is 11.6 Å². The van der Waals surface area contributed by atoms with Crippen LogP contribution in [0.25, 0.3) is 0 Å². The third kappa shape index (κ3) is 2.50. The Kier molecular flexibility index (Phi) is 3.30. The van der Waals surface area contributed by atoms with E-state index in [2.05, 4.69) is 15.3 Å². The summed E-state index contributed by atoms with van der Waals surface area (Å²) < 4.78 is 0. The number of carbonyl (C=O) groups excluding carboxylic acids is 1. The number of nitrogens with one attached hydrogen (secondary N) is 1. The first-order chi connectivity index (χ1) is 8.70. The minimum Gasteiger partial charge on any atom is -0.319 e. The molecule has 0 aliphatic carbocycles. The van der Waals surface area contributed by atoms with Crippen LogP contribution in [0.1, 0.15) is 21.9 Å². The SMILES string of the molecule is Cc1nccc(C(=O)Nc2ccccc2C#N)n1. The van der Waals surface area contributed by atoms with Crippen molar-refractivity contribution in [2.75, 3.05) is 5.32 Å². The number of aromatic nitrogens is 2. The molecule has 2 aromatic rings. The first-order valence-electron chi connectivity index (χ1n) is 5.31. The summed E-state index contributed by atoms with van der Waals surface area (Å²) in [6.07, 6.45) is 1.52. The summed E-state index contributed by atoms with van der Waals surface area (Å²) in [5, 5.41) is 11.6. The molecule has 0 spiro atoms. The highest BCUT2D eigenvalue weighted by molar-refractivity contribution is 6.03. The fraction of sp³-hybridized carbons (Fsp3) is 0.0769. The first kappa shape index (κ1) is 11.7. The van der Waals surface area contributed by atoms with Crippen LogP contribution in [0.15, 0.2) is 36.5 Å². The average molecular weight is 238 g/mol. The smallest absolute Gasteiger partial charge is 0.274 e. The number of carbonyl (C=O) groups is 1. The molecule has 88 valence electrons. The molecular formula is C13H10N4O. The highest BCUT2D eigenvalue weighted by atomic mass is 16.1. The van der Waals surface area contributed by atoms with Crippen molar-refractivity contribution in [3.05, 3.63) is 53.6 Å². The van der Waals surface area contributed by atoms with Gasteiger partial charge in [0.15, 0.2) is 0 Å². The van der Waals surface area contributed by atoms with Crippen molar-refractivity contribution in [3.63, 3.8) is 0 Å². The Balaban J connectivity index is 2.25. The van der Waals surface area contributed by atoms with Gasteiger partial charge in [-0.2, -0.15) is 5.26 Å². The molecule has 0 atom stereocenters. The maximum atomic E-state index is 11.9. The molecule has 1 aromatic carbocycles. The Morgan fingerprint density at radius 3 is 2.83 bits per heavy atom. The molecule has 2 rings (SSSR count). The largest absolute Gasteiger partial charge is 0.319 e. The van der Waals surface area contributed by atoms with Gasteiger partial charge in [-0.3, -0.25) is 4.79 Å². The summed E-state index contributed by atoms with van der Waals surface area (Å²) in [5.74, 6) is 0.166. The maximum absolute atomic E-state index is 11.9. The number of hydrogen-bond donors (Lipinski definition) is 1. The minimum absolute atomic E-state index is 0.273. The van der Waals surface area contributed by atoms with Gasteiger partial charge in [0.1, 0.15) is 17.6 Å². The van der Waals surface area contributed by atoms with Gasteiger partial charge in [0.2, 0.25) is 0 Å². The second-order valence-corrected chi connectivity index (χ2v) is 3.60. The zero-order valence-corrected chi connectivity index (χ0v) is 9.71. The third-order valence-electron chi connectivity index (χ3n) is 2.30. The molecular weight excluding hydrogens is 228 g/mol. The number of rotatable bonds is 2. The van der Waals surface area contributed by atoms with E-state index in [-0.39, 0.29) is 11.6 Å². The number of nitrogens with zero attached hydrogens (tertiary/aromatic N) is 3. The van der Waals surface area contributed by atoms with Crippen LogP contribution < -0.4 is 5.32 Å². The molecule has 0 unspecified atom stereocenters. The first-order valence-corrected chi connectivity index (χ1v) is 5.31. The molecule has 0 aliphatic rings. The van der Waals surface area contributed by atoms with E-state index in [0.29, 0.717) is 17.1 Å². The van der Waals surface area contributed by atoms with E-state index in [1.54, 1.807) is 31.2 Å². The minimum atomic E-state index is -0.358. The Bertz CT molecular complexity index is 631.